The molecule has 4 aromatic carbocycles. The number of benzene rings is 4. The number of carbonyl (C=O) groups is 1. The normalized spacial score (nSPS) is 8.90. The van der Waals surface area contributed by atoms with Crippen molar-refractivity contribution in [1.82, 2.24) is 0 Å². The Bertz CT molecular complexity index is 1570. The summed E-state index contributed by atoms with van der Waals surface area (Å²) in [5.74, 6) is -0.939. The number of carboxylic acid groups (broad SMARTS) is 1. The quantitative estimate of drug-likeness (QED) is 0.131. The maximum absolute atomic E-state index is 12.2. The molecule has 0 radical (unpaired) electrons. The maximum atomic E-state index is 12.2. The van der Waals surface area contributed by atoms with Crippen LogP contribution in [0.2, 0.25) is 0 Å². The van der Waals surface area contributed by atoms with Gasteiger partial charge in [0.15, 0.2) is 5.43 Å². The monoisotopic (exact) mass is 794 g/mol. The van der Waals surface area contributed by atoms with Crippen molar-refractivity contribution in [2.75, 3.05) is 0 Å². The van der Waals surface area contributed by atoms with Crippen LogP contribution in [0.4, 0.5) is 0 Å². The third kappa shape index (κ3) is 13.5. The number of halogens is 2. The van der Waals surface area contributed by atoms with Gasteiger partial charge >= 0.3 is 5.97 Å². The molecule has 0 fully saturated rings. The van der Waals surface area contributed by atoms with Gasteiger partial charge in [0.25, 0.3) is 0 Å². The Morgan fingerprint density at radius 1 is 0.769 bits per heavy atom. The number of rotatable bonds is 1. The van der Waals surface area contributed by atoms with E-state index in [0.717, 1.165) is 38.0 Å². The van der Waals surface area contributed by atoms with Gasteiger partial charge in [-0.15, -0.1) is 24.0 Å². The number of hydrogen-bond acceptors (Lipinski definition) is 8. The van der Waals surface area contributed by atoms with Gasteiger partial charge in [-0.3, -0.25) is 4.79 Å². The minimum atomic E-state index is -0.939. The van der Waals surface area contributed by atoms with Gasteiger partial charge in [0.05, 0.1) is 5.56 Å². The standard InChI is InChI=1S/C13H7BrOS.C7H6O2S.C6H5Br.S3.S2.H2S/c14-8-5-6-12-10(7-8)13(15)9-3-1-2-4-11(9)16-12;8-7(9)5-3-1-2-4-6(5)10;7-6-4-2-1-3-5-6;1-3-2;1-2;/h1-7H;1-4,10H,(H,8,9);1-5H;;;1H2. The van der Waals surface area contributed by atoms with Gasteiger partial charge in [0.1, 0.15) is 0 Å². The molecule has 0 aliphatic heterocycles. The average molecular weight is 797 g/mol. The Labute approximate surface area is 282 Å². The summed E-state index contributed by atoms with van der Waals surface area (Å²) in [6.07, 6.45) is 0. The lowest BCUT2D eigenvalue weighted by Crippen LogP contribution is -2.00. The predicted molar refractivity (Wildman–Crippen MR) is 195 cm³/mol. The van der Waals surface area contributed by atoms with Crippen molar-refractivity contribution in [2.24, 2.45) is 0 Å². The van der Waals surface area contributed by atoms with E-state index in [0.29, 0.717) is 4.90 Å². The molecule has 0 spiro atoms. The molecule has 204 valence electrons. The molecule has 1 N–H and O–H groups in total. The summed E-state index contributed by atoms with van der Waals surface area (Å²) in [7, 11) is 0.917. The van der Waals surface area contributed by atoms with Crippen LogP contribution in [-0.2, 0) is 53.6 Å². The van der Waals surface area contributed by atoms with Crippen LogP contribution in [0.3, 0.4) is 0 Å². The van der Waals surface area contributed by atoms with E-state index in [9.17, 15) is 9.59 Å². The second-order valence-corrected chi connectivity index (χ2v) is 11.9. The molecule has 39 heavy (non-hydrogen) atoms. The smallest absolute Gasteiger partial charge is 0.336 e. The van der Waals surface area contributed by atoms with E-state index >= 15 is 0 Å². The predicted octanol–water partition coefficient (Wildman–Crippen LogP) is 8.40. The Hall–Kier alpha value is -1.000. The van der Waals surface area contributed by atoms with Crippen LogP contribution < -0.4 is 5.43 Å². The zero-order valence-electron chi connectivity index (χ0n) is 19.7. The topological polar surface area (TPSA) is 54.4 Å². The second kappa shape index (κ2) is 21.7. The van der Waals surface area contributed by atoms with E-state index in [1.54, 1.807) is 29.5 Å². The highest BCUT2D eigenvalue weighted by Crippen LogP contribution is 2.26. The molecule has 3 nitrogen and oxygen atoms in total. The highest BCUT2D eigenvalue weighted by molar-refractivity contribution is 9.10. The second-order valence-electron chi connectivity index (χ2n) is 6.75. The van der Waals surface area contributed by atoms with Crippen LogP contribution in [0.15, 0.2) is 116 Å². The van der Waals surface area contributed by atoms with Crippen molar-refractivity contribution in [3.63, 3.8) is 0 Å². The van der Waals surface area contributed by atoms with Crippen LogP contribution in [0.1, 0.15) is 10.4 Å². The Morgan fingerprint density at radius 3 is 1.79 bits per heavy atom. The lowest BCUT2D eigenvalue weighted by Gasteiger charge is -2.00. The molecular weight excluding hydrogens is 777 g/mol. The summed E-state index contributed by atoms with van der Waals surface area (Å²) < 4.78 is 4.16. The largest absolute Gasteiger partial charge is 0.478 e. The summed E-state index contributed by atoms with van der Waals surface area (Å²) in [5.41, 5.74) is 0.358. The molecule has 0 atom stereocenters. The number of fused-ring (bicyclic) bond motifs is 2. The lowest BCUT2D eigenvalue weighted by atomic mass is 10.2. The zero-order chi connectivity index (χ0) is 28.5. The molecule has 1 heterocycles. The van der Waals surface area contributed by atoms with Crippen molar-refractivity contribution in [3.05, 3.63) is 122 Å². The maximum Gasteiger partial charge on any atom is 0.336 e. The number of thiol groups is 1. The Morgan fingerprint density at radius 2 is 1.28 bits per heavy atom. The number of carboxylic acids is 1. The molecule has 0 aliphatic rings. The van der Waals surface area contributed by atoms with Gasteiger partial charge in [-0.2, -0.15) is 13.5 Å². The summed E-state index contributed by atoms with van der Waals surface area (Å²) >= 11 is 27.9. The molecule has 0 saturated heterocycles. The summed E-state index contributed by atoms with van der Waals surface area (Å²) in [5, 5.41) is 10.1. The van der Waals surface area contributed by atoms with Crippen molar-refractivity contribution in [2.45, 2.75) is 4.90 Å². The van der Waals surface area contributed by atoms with Gasteiger partial charge < -0.3 is 5.11 Å². The van der Waals surface area contributed by atoms with E-state index < -0.39 is 5.97 Å². The van der Waals surface area contributed by atoms with Crippen molar-refractivity contribution < 1.29 is 9.90 Å². The van der Waals surface area contributed by atoms with E-state index in [4.69, 9.17) is 5.11 Å². The molecule has 13 heteroatoms. The van der Waals surface area contributed by atoms with Gasteiger partial charge in [0.2, 0.25) is 0 Å². The van der Waals surface area contributed by atoms with Crippen molar-refractivity contribution in [1.29, 1.82) is 0 Å². The van der Waals surface area contributed by atoms with Gasteiger partial charge in [-0.1, -0.05) is 74.3 Å². The van der Waals surface area contributed by atoms with E-state index in [-0.39, 0.29) is 24.5 Å². The average Bonchev–Trinajstić information content (AvgIpc) is 2.92. The fourth-order valence-corrected chi connectivity index (χ4v) is 4.82. The first-order valence-corrected chi connectivity index (χ1v) is 17.0. The fourth-order valence-electron chi connectivity index (χ4n) is 2.84. The minimum Gasteiger partial charge on any atom is -0.478 e. The molecular formula is C26H20Br2O3S8. The molecule has 0 aliphatic carbocycles. The molecule has 0 unspecified atom stereocenters. The van der Waals surface area contributed by atoms with Gasteiger partial charge in [0, 0.05) is 87.6 Å². The van der Waals surface area contributed by atoms with Crippen LogP contribution in [0.25, 0.3) is 20.2 Å². The minimum absolute atomic E-state index is 0. The molecule has 0 saturated carbocycles. The Balaban J connectivity index is 0.000000543. The molecule has 0 bridgehead atoms. The van der Waals surface area contributed by atoms with Crippen molar-refractivity contribution >= 4 is 149 Å². The van der Waals surface area contributed by atoms with Gasteiger partial charge in [-0.05, 0) is 54.6 Å². The number of hydrogen-bond donors (Lipinski definition) is 2. The highest BCUT2D eigenvalue weighted by Gasteiger charge is 2.05. The van der Waals surface area contributed by atoms with Crippen LogP contribution in [-0.4, -0.2) is 11.1 Å². The summed E-state index contributed by atoms with van der Waals surface area (Å²) in [6, 6.07) is 30.1. The number of aromatic carboxylic acids is 1. The lowest BCUT2D eigenvalue weighted by molar-refractivity contribution is 0.0693. The van der Waals surface area contributed by atoms with Crippen LogP contribution in [0, 0.1) is 0 Å². The summed E-state index contributed by atoms with van der Waals surface area (Å²) in [4.78, 5) is 23.1. The van der Waals surface area contributed by atoms with E-state index in [2.05, 4.69) is 89.2 Å². The molecule has 1 aromatic heterocycles. The van der Waals surface area contributed by atoms with Crippen molar-refractivity contribution in [3.8, 4) is 0 Å². The van der Waals surface area contributed by atoms with Gasteiger partial charge in [-0.25, -0.2) is 4.79 Å². The van der Waals surface area contributed by atoms with E-state index in [1.165, 1.54) is 6.07 Å². The fraction of sp³-hybridized carbons (Fsp3) is 0. The molecule has 5 aromatic rings. The highest BCUT2D eigenvalue weighted by atomic mass is 79.9. The zero-order valence-corrected chi connectivity index (χ0v) is 29.6. The SMILES string of the molecule is Brc1ccccc1.O=C(O)c1ccccc1S.O=c1c2ccccc2sc2ccc(Br)cc12.S.S=S.S=S=S. The first kappa shape index (κ1) is 38.0. The molecule has 5 rings (SSSR count). The summed E-state index contributed by atoms with van der Waals surface area (Å²) in [6.45, 7) is 0. The first-order valence-electron chi connectivity index (χ1n) is 10.2. The van der Waals surface area contributed by atoms with Crippen LogP contribution >= 0.6 is 69.3 Å². The third-order valence-corrected chi connectivity index (χ3v) is 6.97. The van der Waals surface area contributed by atoms with Crippen LogP contribution in [0.5, 0.6) is 0 Å². The van der Waals surface area contributed by atoms with E-state index in [1.807, 2.05) is 72.8 Å². The Kier molecular flexibility index (Phi) is 21.2. The molecule has 0 amide bonds. The first-order chi connectivity index (χ1) is 18.3. The third-order valence-electron chi connectivity index (χ3n) is 4.41.